The van der Waals surface area contributed by atoms with Gasteiger partial charge in [-0.2, -0.15) is 0 Å². The molecule has 0 saturated carbocycles. The molecule has 3 amide bonds. The molecule has 0 radical (unpaired) electrons. The van der Waals surface area contributed by atoms with Gasteiger partial charge in [0.2, 0.25) is 5.91 Å². The van der Waals surface area contributed by atoms with Crippen molar-refractivity contribution in [2.24, 2.45) is 0 Å². The molecule has 1 saturated heterocycles. The minimum atomic E-state index is -0.230. The molecule has 1 aliphatic rings. The first-order valence-corrected chi connectivity index (χ1v) is 8.95. The molecule has 25 heavy (non-hydrogen) atoms. The van der Waals surface area contributed by atoms with E-state index in [2.05, 4.69) is 15.5 Å². The summed E-state index contributed by atoms with van der Waals surface area (Å²) in [6.45, 7) is 9.01. The molecule has 2 N–H and O–H groups in total. The lowest BCUT2D eigenvalue weighted by Gasteiger charge is -2.25. The fourth-order valence-electron chi connectivity index (χ4n) is 2.76. The summed E-state index contributed by atoms with van der Waals surface area (Å²) in [6.07, 6.45) is 0.839. The number of hydrogen-bond acceptors (Lipinski definition) is 3. The van der Waals surface area contributed by atoms with Gasteiger partial charge in [-0.15, -0.1) is 0 Å². The monoisotopic (exact) mass is 366 g/mol. The Morgan fingerprint density at radius 1 is 1.16 bits per heavy atom. The molecular formula is C18H27ClN4O2. The zero-order chi connectivity index (χ0) is 18.4. The third kappa shape index (κ3) is 6.92. The molecule has 0 aliphatic carbocycles. The summed E-state index contributed by atoms with van der Waals surface area (Å²) >= 11 is 5.94. The van der Waals surface area contributed by atoms with E-state index in [1.807, 2.05) is 26.8 Å². The summed E-state index contributed by atoms with van der Waals surface area (Å²) in [5.74, 6) is 0.0179. The standard InChI is InChI=1S/C18H27ClN4O2/c1-18(2,3)21-16(24)13-22-8-5-9-23(11-10-22)17(25)20-15-7-4-6-14(19)12-15/h4,6-7,12H,5,8-11,13H2,1-3H3,(H,20,25)(H,21,24). The summed E-state index contributed by atoms with van der Waals surface area (Å²) in [6, 6.07) is 6.97. The van der Waals surface area contributed by atoms with Crippen molar-refractivity contribution in [2.45, 2.75) is 32.7 Å². The first-order valence-electron chi connectivity index (χ1n) is 8.58. The van der Waals surface area contributed by atoms with Crippen LogP contribution in [0.15, 0.2) is 24.3 Å². The lowest BCUT2D eigenvalue weighted by molar-refractivity contribution is -0.123. The lowest BCUT2D eigenvalue weighted by Crippen LogP contribution is -2.46. The van der Waals surface area contributed by atoms with Gasteiger partial charge >= 0.3 is 6.03 Å². The van der Waals surface area contributed by atoms with Crippen LogP contribution in [0.2, 0.25) is 5.02 Å². The molecule has 6 nitrogen and oxygen atoms in total. The number of benzene rings is 1. The van der Waals surface area contributed by atoms with Crippen LogP contribution in [0.3, 0.4) is 0 Å². The van der Waals surface area contributed by atoms with Crippen LogP contribution in [0.25, 0.3) is 0 Å². The zero-order valence-electron chi connectivity index (χ0n) is 15.1. The first kappa shape index (κ1) is 19.5. The van der Waals surface area contributed by atoms with Gasteiger partial charge in [0, 0.05) is 42.4 Å². The van der Waals surface area contributed by atoms with Crippen molar-refractivity contribution >= 4 is 29.2 Å². The minimum absolute atomic E-state index is 0.0179. The van der Waals surface area contributed by atoms with Gasteiger partial charge < -0.3 is 15.5 Å². The molecule has 0 bridgehead atoms. The van der Waals surface area contributed by atoms with Crippen molar-refractivity contribution in [3.63, 3.8) is 0 Å². The molecule has 0 unspecified atom stereocenters. The van der Waals surface area contributed by atoms with Crippen LogP contribution >= 0.6 is 11.6 Å². The highest BCUT2D eigenvalue weighted by Gasteiger charge is 2.22. The number of carbonyl (C=O) groups excluding carboxylic acids is 2. The molecule has 1 aliphatic heterocycles. The van der Waals surface area contributed by atoms with Gasteiger partial charge in [-0.05, 0) is 45.4 Å². The molecule has 138 valence electrons. The minimum Gasteiger partial charge on any atom is -0.350 e. The van der Waals surface area contributed by atoms with E-state index < -0.39 is 0 Å². The quantitative estimate of drug-likeness (QED) is 0.864. The Morgan fingerprint density at radius 2 is 1.92 bits per heavy atom. The Labute approximate surface area is 154 Å². The van der Waals surface area contributed by atoms with Gasteiger partial charge in [0.25, 0.3) is 0 Å². The predicted octanol–water partition coefficient (Wildman–Crippen LogP) is 2.79. The molecule has 1 aromatic rings. The summed E-state index contributed by atoms with van der Waals surface area (Å²) in [4.78, 5) is 28.4. The van der Waals surface area contributed by atoms with Crippen LogP contribution in [-0.4, -0.2) is 60.0 Å². The van der Waals surface area contributed by atoms with Crippen LogP contribution in [0.5, 0.6) is 0 Å². The fraction of sp³-hybridized carbons (Fsp3) is 0.556. The summed E-state index contributed by atoms with van der Waals surface area (Å²) in [5.41, 5.74) is 0.453. The number of anilines is 1. The third-order valence-electron chi connectivity index (χ3n) is 3.83. The molecule has 1 aromatic carbocycles. The van der Waals surface area contributed by atoms with Gasteiger partial charge in [0.05, 0.1) is 6.54 Å². The summed E-state index contributed by atoms with van der Waals surface area (Å²) in [7, 11) is 0. The number of hydrogen-bond donors (Lipinski definition) is 2. The fourth-order valence-corrected chi connectivity index (χ4v) is 2.95. The SMILES string of the molecule is CC(C)(C)NC(=O)CN1CCCN(C(=O)Nc2cccc(Cl)c2)CC1. The van der Waals surface area contributed by atoms with Crippen LogP contribution in [-0.2, 0) is 4.79 Å². The van der Waals surface area contributed by atoms with Crippen molar-refractivity contribution in [3.05, 3.63) is 29.3 Å². The molecule has 1 heterocycles. The second-order valence-corrected chi connectivity index (χ2v) is 7.79. The second-order valence-electron chi connectivity index (χ2n) is 7.36. The van der Waals surface area contributed by atoms with E-state index in [9.17, 15) is 9.59 Å². The Bertz CT molecular complexity index is 615. The molecule has 2 rings (SSSR count). The van der Waals surface area contributed by atoms with E-state index >= 15 is 0 Å². The normalized spacial score (nSPS) is 16.2. The Morgan fingerprint density at radius 3 is 2.60 bits per heavy atom. The molecule has 0 atom stereocenters. The van der Waals surface area contributed by atoms with E-state index in [1.54, 1.807) is 23.1 Å². The van der Waals surface area contributed by atoms with Gasteiger partial charge in [-0.1, -0.05) is 17.7 Å². The number of nitrogens with one attached hydrogen (secondary N) is 2. The number of carbonyl (C=O) groups is 2. The summed E-state index contributed by atoms with van der Waals surface area (Å²) in [5, 5.41) is 6.43. The van der Waals surface area contributed by atoms with E-state index in [-0.39, 0.29) is 17.5 Å². The Balaban J connectivity index is 1.84. The maximum atomic E-state index is 12.4. The number of amides is 3. The molecule has 1 fully saturated rings. The predicted molar refractivity (Wildman–Crippen MR) is 101 cm³/mol. The highest BCUT2D eigenvalue weighted by atomic mass is 35.5. The van der Waals surface area contributed by atoms with Crippen molar-refractivity contribution in [1.82, 2.24) is 15.1 Å². The molecule has 7 heteroatoms. The van der Waals surface area contributed by atoms with Gasteiger partial charge in [-0.3, -0.25) is 9.69 Å². The average molecular weight is 367 g/mol. The lowest BCUT2D eigenvalue weighted by atomic mass is 10.1. The van der Waals surface area contributed by atoms with Crippen LogP contribution < -0.4 is 10.6 Å². The number of nitrogens with zero attached hydrogens (tertiary/aromatic N) is 2. The zero-order valence-corrected chi connectivity index (χ0v) is 15.9. The first-order chi connectivity index (χ1) is 11.7. The van der Waals surface area contributed by atoms with Crippen molar-refractivity contribution < 1.29 is 9.59 Å². The van der Waals surface area contributed by atoms with E-state index in [0.717, 1.165) is 13.0 Å². The van der Waals surface area contributed by atoms with Gasteiger partial charge in [-0.25, -0.2) is 4.79 Å². The van der Waals surface area contributed by atoms with Crippen LogP contribution in [0, 0.1) is 0 Å². The maximum absolute atomic E-state index is 12.4. The maximum Gasteiger partial charge on any atom is 0.321 e. The number of halogens is 1. The van der Waals surface area contributed by atoms with E-state index in [0.29, 0.717) is 36.9 Å². The highest BCUT2D eigenvalue weighted by Crippen LogP contribution is 2.16. The smallest absolute Gasteiger partial charge is 0.321 e. The Hall–Kier alpha value is -1.79. The Kier molecular flexibility index (Phi) is 6.67. The van der Waals surface area contributed by atoms with Crippen molar-refractivity contribution in [3.8, 4) is 0 Å². The average Bonchev–Trinajstić information content (AvgIpc) is 2.71. The largest absolute Gasteiger partial charge is 0.350 e. The van der Waals surface area contributed by atoms with E-state index in [1.165, 1.54) is 0 Å². The molecular weight excluding hydrogens is 340 g/mol. The van der Waals surface area contributed by atoms with Crippen molar-refractivity contribution in [1.29, 1.82) is 0 Å². The molecule has 0 spiro atoms. The topological polar surface area (TPSA) is 64.7 Å². The second kappa shape index (κ2) is 8.54. The number of rotatable bonds is 3. The van der Waals surface area contributed by atoms with Gasteiger partial charge in [0.1, 0.15) is 0 Å². The van der Waals surface area contributed by atoms with E-state index in [4.69, 9.17) is 11.6 Å². The highest BCUT2D eigenvalue weighted by molar-refractivity contribution is 6.30. The van der Waals surface area contributed by atoms with Gasteiger partial charge in [0.15, 0.2) is 0 Å². The summed E-state index contributed by atoms with van der Waals surface area (Å²) < 4.78 is 0. The third-order valence-corrected chi connectivity index (χ3v) is 4.07. The number of urea groups is 1. The molecule has 0 aromatic heterocycles. The van der Waals surface area contributed by atoms with Crippen LogP contribution in [0.4, 0.5) is 10.5 Å². The van der Waals surface area contributed by atoms with Crippen LogP contribution in [0.1, 0.15) is 27.2 Å². The van der Waals surface area contributed by atoms with Crippen molar-refractivity contribution in [2.75, 3.05) is 38.0 Å².